The molecule has 0 aliphatic heterocycles. The first kappa shape index (κ1) is 36.2. The molecule has 3 amide bonds. The van der Waals surface area contributed by atoms with E-state index in [1.807, 2.05) is 60.7 Å². The molecule has 0 aliphatic rings. The molecule has 0 saturated heterocycles. The number of benzene rings is 2. The Balaban J connectivity index is 1.70. The van der Waals surface area contributed by atoms with E-state index in [9.17, 15) is 19.2 Å². The first-order valence-electron chi connectivity index (χ1n) is 15.6. The van der Waals surface area contributed by atoms with Crippen LogP contribution in [0.3, 0.4) is 0 Å². The minimum atomic E-state index is -0.728. The van der Waals surface area contributed by atoms with E-state index in [2.05, 4.69) is 16.0 Å². The Morgan fingerprint density at radius 3 is 1.80 bits per heavy atom. The van der Waals surface area contributed by atoms with E-state index in [1.54, 1.807) is 0 Å². The van der Waals surface area contributed by atoms with Crippen molar-refractivity contribution in [3.8, 4) is 0 Å². The summed E-state index contributed by atoms with van der Waals surface area (Å²) >= 11 is 0. The topological polar surface area (TPSA) is 175 Å². The molecule has 7 N–H and O–H groups in total. The zero-order valence-corrected chi connectivity index (χ0v) is 25.6. The molecule has 0 bridgehead atoms. The van der Waals surface area contributed by atoms with Crippen molar-refractivity contribution in [3.63, 3.8) is 0 Å². The summed E-state index contributed by atoms with van der Waals surface area (Å²) in [7, 11) is 0. The maximum Gasteiger partial charge on any atom is 0.408 e. The van der Waals surface area contributed by atoms with Gasteiger partial charge in [-0.3, -0.25) is 9.59 Å². The van der Waals surface area contributed by atoms with E-state index < -0.39 is 24.1 Å². The summed E-state index contributed by atoms with van der Waals surface area (Å²) in [5, 5.41) is 8.35. The molecule has 11 nitrogen and oxygen atoms in total. The second-order valence-electron chi connectivity index (χ2n) is 10.6. The molecule has 2 rings (SSSR count). The lowest BCUT2D eigenvalue weighted by atomic mass is 10.1. The van der Waals surface area contributed by atoms with E-state index in [1.165, 1.54) is 0 Å². The molecule has 0 saturated carbocycles. The smallest absolute Gasteiger partial charge is 0.408 e. The second kappa shape index (κ2) is 22.6. The van der Waals surface area contributed by atoms with Crippen LogP contribution in [0.25, 0.3) is 0 Å². The van der Waals surface area contributed by atoms with Crippen molar-refractivity contribution in [1.82, 2.24) is 16.0 Å². The van der Waals surface area contributed by atoms with E-state index >= 15 is 0 Å². The minimum Gasteiger partial charge on any atom is -0.459 e. The molecule has 44 heavy (non-hydrogen) atoms. The lowest BCUT2D eigenvalue weighted by molar-refractivity contribution is -0.149. The summed E-state index contributed by atoms with van der Waals surface area (Å²) in [5.74, 6) is -0.965. The molecule has 0 aliphatic carbocycles. The van der Waals surface area contributed by atoms with Crippen LogP contribution in [-0.4, -0.2) is 55.6 Å². The first-order valence-corrected chi connectivity index (χ1v) is 15.6. The summed E-state index contributed by atoms with van der Waals surface area (Å²) in [6.07, 6.45) is 5.35. The number of alkyl carbamates (subject to hydrolysis) is 1. The average molecular weight is 612 g/mol. The Hall–Kier alpha value is -3.96. The number of carbonyl (C=O) groups excluding carboxylic acids is 4. The van der Waals surface area contributed by atoms with Crippen molar-refractivity contribution < 1.29 is 28.7 Å². The number of nitrogens with one attached hydrogen (secondary N) is 3. The third kappa shape index (κ3) is 16.0. The highest BCUT2D eigenvalue weighted by Crippen LogP contribution is 2.09. The molecular weight excluding hydrogens is 562 g/mol. The monoisotopic (exact) mass is 611 g/mol. The van der Waals surface area contributed by atoms with Crippen LogP contribution in [0.1, 0.15) is 75.3 Å². The van der Waals surface area contributed by atoms with Crippen LogP contribution in [0, 0.1) is 0 Å². The van der Waals surface area contributed by atoms with Gasteiger partial charge in [0.2, 0.25) is 11.8 Å². The van der Waals surface area contributed by atoms with Crippen molar-refractivity contribution in [2.75, 3.05) is 19.6 Å². The molecule has 0 aromatic heterocycles. The molecule has 2 aromatic carbocycles. The number of esters is 1. The zero-order chi connectivity index (χ0) is 31.8. The second-order valence-corrected chi connectivity index (χ2v) is 10.6. The predicted molar refractivity (Wildman–Crippen MR) is 169 cm³/mol. The van der Waals surface area contributed by atoms with Gasteiger partial charge in [0.1, 0.15) is 25.3 Å². The number of hydrogen-bond donors (Lipinski definition) is 5. The summed E-state index contributed by atoms with van der Waals surface area (Å²) in [6.45, 7) is 1.68. The van der Waals surface area contributed by atoms with Crippen molar-refractivity contribution in [2.45, 2.75) is 89.5 Å². The Morgan fingerprint density at radius 1 is 0.636 bits per heavy atom. The van der Waals surface area contributed by atoms with Crippen LogP contribution in [0.4, 0.5) is 4.79 Å². The fourth-order valence-corrected chi connectivity index (χ4v) is 4.43. The van der Waals surface area contributed by atoms with Crippen molar-refractivity contribution in [3.05, 3.63) is 71.8 Å². The standard InChI is InChI=1S/C33H49N5O6/c34-21-11-9-18-28(38-33(42)44-25-27-16-6-2-7-17-27)31(40)36-23-13-3-8-20-30(39)37-29(19-10-12-22-35)32(41)43-24-26-14-4-1-5-15-26/h1-2,4-7,14-17,28-29H,3,8-13,18-25,34-35H2,(H,36,40)(H,37,39)(H,38,42)/t28-,29-/m0/s1. The Labute approximate surface area is 260 Å². The van der Waals surface area contributed by atoms with Crippen molar-refractivity contribution in [2.24, 2.45) is 11.5 Å². The Morgan fingerprint density at radius 2 is 1.20 bits per heavy atom. The number of rotatable bonds is 22. The molecule has 242 valence electrons. The van der Waals surface area contributed by atoms with Crippen molar-refractivity contribution >= 4 is 23.9 Å². The number of ether oxygens (including phenoxy) is 2. The van der Waals surface area contributed by atoms with E-state index in [-0.39, 0.29) is 31.4 Å². The van der Waals surface area contributed by atoms with Gasteiger partial charge in [0.25, 0.3) is 0 Å². The highest BCUT2D eigenvalue weighted by atomic mass is 16.5. The van der Waals surface area contributed by atoms with Gasteiger partial charge in [0.15, 0.2) is 0 Å². The maximum atomic E-state index is 12.8. The molecule has 0 fully saturated rings. The van der Waals surface area contributed by atoms with Gasteiger partial charge in [-0.2, -0.15) is 0 Å². The minimum absolute atomic E-state index is 0.112. The van der Waals surface area contributed by atoms with Crippen LogP contribution in [0.2, 0.25) is 0 Å². The molecule has 2 atom stereocenters. The molecule has 0 spiro atoms. The number of nitrogens with two attached hydrogens (primary N) is 2. The molecule has 0 radical (unpaired) electrons. The third-order valence-corrected chi connectivity index (χ3v) is 6.94. The predicted octanol–water partition coefficient (Wildman–Crippen LogP) is 3.44. The van der Waals surface area contributed by atoms with Gasteiger partial charge >= 0.3 is 12.1 Å². The molecule has 0 unspecified atom stereocenters. The Kier molecular flexibility index (Phi) is 18.6. The van der Waals surface area contributed by atoms with Gasteiger partial charge in [-0.25, -0.2) is 9.59 Å². The van der Waals surface area contributed by atoms with Gasteiger partial charge in [-0.15, -0.1) is 0 Å². The Bertz CT molecular complexity index is 1100. The lowest BCUT2D eigenvalue weighted by Gasteiger charge is -2.18. The summed E-state index contributed by atoms with van der Waals surface area (Å²) in [4.78, 5) is 50.4. The quantitative estimate of drug-likeness (QED) is 0.0994. The van der Waals surface area contributed by atoms with Crippen LogP contribution in [0.5, 0.6) is 0 Å². The molecule has 11 heteroatoms. The summed E-state index contributed by atoms with van der Waals surface area (Å²) in [6, 6.07) is 17.2. The highest BCUT2D eigenvalue weighted by molar-refractivity contribution is 5.85. The zero-order valence-electron chi connectivity index (χ0n) is 25.6. The lowest BCUT2D eigenvalue weighted by Crippen LogP contribution is -2.47. The van der Waals surface area contributed by atoms with Gasteiger partial charge < -0.3 is 36.9 Å². The summed E-state index contributed by atoms with van der Waals surface area (Å²) < 4.78 is 10.7. The van der Waals surface area contributed by atoms with E-state index in [0.29, 0.717) is 64.6 Å². The molecular formula is C33H49N5O6. The van der Waals surface area contributed by atoms with Gasteiger partial charge in [-0.1, -0.05) is 67.1 Å². The van der Waals surface area contributed by atoms with Crippen LogP contribution in [-0.2, 0) is 37.1 Å². The summed E-state index contributed by atoms with van der Waals surface area (Å²) in [5.41, 5.74) is 12.9. The van der Waals surface area contributed by atoms with E-state index in [4.69, 9.17) is 20.9 Å². The maximum absolute atomic E-state index is 12.8. The third-order valence-electron chi connectivity index (χ3n) is 6.94. The number of unbranched alkanes of at least 4 members (excludes halogenated alkanes) is 4. The number of amides is 3. The van der Waals surface area contributed by atoms with Gasteiger partial charge in [0, 0.05) is 13.0 Å². The highest BCUT2D eigenvalue weighted by Gasteiger charge is 2.23. The first-order chi connectivity index (χ1) is 21.4. The average Bonchev–Trinajstić information content (AvgIpc) is 3.04. The fourth-order valence-electron chi connectivity index (χ4n) is 4.43. The molecule has 2 aromatic rings. The van der Waals surface area contributed by atoms with Gasteiger partial charge in [0.05, 0.1) is 0 Å². The largest absolute Gasteiger partial charge is 0.459 e. The molecule has 0 heterocycles. The SMILES string of the molecule is NCCCC[C@H](NC(=O)OCc1ccccc1)C(=O)NCCCCCC(=O)N[C@@H](CCCCN)C(=O)OCc1ccccc1. The van der Waals surface area contributed by atoms with E-state index in [0.717, 1.165) is 24.0 Å². The van der Waals surface area contributed by atoms with Crippen molar-refractivity contribution in [1.29, 1.82) is 0 Å². The normalized spacial score (nSPS) is 12.0. The van der Waals surface area contributed by atoms with Gasteiger partial charge in [-0.05, 0) is 75.6 Å². The number of hydrogen-bond acceptors (Lipinski definition) is 8. The fraction of sp³-hybridized carbons (Fsp3) is 0.515. The van der Waals surface area contributed by atoms with Crippen LogP contribution in [0.15, 0.2) is 60.7 Å². The van der Waals surface area contributed by atoms with Crippen LogP contribution >= 0.6 is 0 Å². The van der Waals surface area contributed by atoms with Crippen LogP contribution < -0.4 is 27.4 Å². The number of carbonyl (C=O) groups is 4.